The fraction of sp³-hybridized carbons (Fsp3) is 0.143. The monoisotopic (exact) mass is 260 g/mol. The molecule has 0 aliphatic rings. The molecule has 0 amide bonds. The minimum atomic E-state index is -0.589. The second-order valence-electron chi connectivity index (χ2n) is 3.87. The molecule has 0 aliphatic heterocycles. The van der Waals surface area contributed by atoms with Crippen molar-refractivity contribution in [2.75, 3.05) is 0 Å². The van der Waals surface area contributed by atoms with Gasteiger partial charge < -0.3 is 4.74 Å². The van der Waals surface area contributed by atoms with Gasteiger partial charge in [0, 0.05) is 11.8 Å². The molecule has 1 heterocycles. The summed E-state index contributed by atoms with van der Waals surface area (Å²) in [6.45, 7) is 3.05. The Kier molecular flexibility index (Phi) is 3.58. The van der Waals surface area contributed by atoms with Gasteiger partial charge in [-0.25, -0.2) is 4.79 Å². The molecule has 0 saturated carbocycles. The van der Waals surface area contributed by atoms with Crippen molar-refractivity contribution in [2.45, 2.75) is 13.8 Å². The number of ether oxygens (including phenoxy) is 1. The topological polar surface area (TPSA) is 43.4 Å². The standard InChI is InChI=1S/C14H12O3S/c1-9-8-12(11-6-4-3-5-7-11)18-13(9)14(16)17-10(2)15/h3-8H,1-2H3. The molecule has 0 radical (unpaired) electrons. The molecule has 4 heteroatoms. The maximum absolute atomic E-state index is 11.7. The zero-order chi connectivity index (χ0) is 13.1. The minimum Gasteiger partial charge on any atom is -0.389 e. The number of benzene rings is 1. The van der Waals surface area contributed by atoms with Gasteiger partial charge >= 0.3 is 11.9 Å². The summed E-state index contributed by atoms with van der Waals surface area (Å²) in [5, 5.41) is 0. The Morgan fingerprint density at radius 1 is 1.17 bits per heavy atom. The highest BCUT2D eigenvalue weighted by molar-refractivity contribution is 7.17. The molecule has 0 N–H and O–H groups in total. The molecule has 1 aromatic heterocycles. The van der Waals surface area contributed by atoms with Crippen LogP contribution in [0.2, 0.25) is 0 Å². The predicted molar refractivity (Wildman–Crippen MR) is 70.6 cm³/mol. The predicted octanol–water partition coefficient (Wildman–Crippen LogP) is 3.43. The van der Waals surface area contributed by atoms with Crippen LogP contribution in [0.15, 0.2) is 36.4 Å². The van der Waals surface area contributed by atoms with Crippen LogP contribution in [0.3, 0.4) is 0 Å². The Bertz CT molecular complexity index is 584. The van der Waals surface area contributed by atoms with Crippen molar-refractivity contribution in [2.24, 2.45) is 0 Å². The molecule has 0 fully saturated rings. The highest BCUT2D eigenvalue weighted by Gasteiger charge is 2.17. The van der Waals surface area contributed by atoms with Crippen LogP contribution in [0.1, 0.15) is 22.2 Å². The first-order valence-corrected chi connectivity index (χ1v) is 6.28. The number of thiophene rings is 1. The van der Waals surface area contributed by atoms with Gasteiger partial charge in [-0.2, -0.15) is 0 Å². The molecule has 0 unspecified atom stereocenters. The van der Waals surface area contributed by atoms with Crippen LogP contribution in [-0.2, 0) is 9.53 Å². The van der Waals surface area contributed by atoms with Gasteiger partial charge in [0.05, 0.1) is 0 Å². The van der Waals surface area contributed by atoms with Gasteiger partial charge in [0.1, 0.15) is 4.88 Å². The number of hydrogen-bond donors (Lipinski definition) is 0. The van der Waals surface area contributed by atoms with E-state index >= 15 is 0 Å². The molecule has 0 spiro atoms. The van der Waals surface area contributed by atoms with Crippen molar-refractivity contribution >= 4 is 23.3 Å². The Balaban J connectivity index is 2.33. The summed E-state index contributed by atoms with van der Waals surface area (Å²) in [6.07, 6.45) is 0. The number of esters is 2. The first-order valence-electron chi connectivity index (χ1n) is 5.46. The molecule has 1 aromatic carbocycles. The van der Waals surface area contributed by atoms with E-state index in [9.17, 15) is 9.59 Å². The van der Waals surface area contributed by atoms with E-state index in [2.05, 4.69) is 4.74 Å². The van der Waals surface area contributed by atoms with Crippen molar-refractivity contribution in [3.8, 4) is 10.4 Å². The molecule has 0 aliphatic carbocycles. The molecule has 2 rings (SSSR count). The first kappa shape index (κ1) is 12.5. The lowest BCUT2D eigenvalue weighted by atomic mass is 10.1. The zero-order valence-electron chi connectivity index (χ0n) is 10.1. The van der Waals surface area contributed by atoms with E-state index in [1.54, 1.807) is 0 Å². The summed E-state index contributed by atoms with van der Waals surface area (Å²) < 4.78 is 4.60. The third-order valence-electron chi connectivity index (χ3n) is 2.40. The average molecular weight is 260 g/mol. The summed E-state index contributed by atoms with van der Waals surface area (Å²) in [6, 6.07) is 11.7. The fourth-order valence-corrected chi connectivity index (χ4v) is 2.66. The summed E-state index contributed by atoms with van der Waals surface area (Å²) in [4.78, 5) is 23.9. The molecule has 0 atom stereocenters. The van der Waals surface area contributed by atoms with E-state index in [4.69, 9.17) is 0 Å². The normalized spacial score (nSPS) is 10.1. The highest BCUT2D eigenvalue weighted by atomic mass is 32.1. The molecule has 18 heavy (non-hydrogen) atoms. The Morgan fingerprint density at radius 2 is 1.83 bits per heavy atom. The van der Waals surface area contributed by atoms with Gasteiger partial charge in [0.2, 0.25) is 0 Å². The van der Waals surface area contributed by atoms with Gasteiger partial charge in [0.15, 0.2) is 0 Å². The van der Waals surface area contributed by atoms with E-state index in [0.29, 0.717) is 4.88 Å². The summed E-state index contributed by atoms with van der Waals surface area (Å²) in [7, 11) is 0. The third kappa shape index (κ3) is 2.65. The van der Waals surface area contributed by atoms with Crippen molar-refractivity contribution < 1.29 is 14.3 Å². The Morgan fingerprint density at radius 3 is 2.44 bits per heavy atom. The number of rotatable bonds is 2. The van der Waals surface area contributed by atoms with Gasteiger partial charge in [-0.15, -0.1) is 11.3 Å². The largest absolute Gasteiger partial charge is 0.389 e. The summed E-state index contributed by atoms with van der Waals surface area (Å²) in [5.74, 6) is -1.17. The van der Waals surface area contributed by atoms with Crippen LogP contribution < -0.4 is 0 Å². The van der Waals surface area contributed by atoms with E-state index < -0.39 is 11.9 Å². The lowest BCUT2D eigenvalue weighted by molar-refractivity contribution is -0.135. The third-order valence-corrected chi connectivity index (χ3v) is 3.66. The van der Waals surface area contributed by atoms with Gasteiger partial charge in [0.25, 0.3) is 0 Å². The van der Waals surface area contributed by atoms with Gasteiger partial charge in [-0.1, -0.05) is 30.3 Å². The minimum absolute atomic E-state index is 0.476. The van der Waals surface area contributed by atoms with Crippen molar-refractivity contribution in [1.29, 1.82) is 0 Å². The zero-order valence-corrected chi connectivity index (χ0v) is 10.9. The van der Waals surface area contributed by atoms with Crippen molar-refractivity contribution in [3.63, 3.8) is 0 Å². The SMILES string of the molecule is CC(=O)OC(=O)c1sc(-c2ccccc2)cc1C. The average Bonchev–Trinajstić information content (AvgIpc) is 2.72. The molecule has 3 nitrogen and oxygen atoms in total. The number of aryl methyl sites for hydroxylation is 1. The van der Waals surface area contributed by atoms with E-state index in [0.717, 1.165) is 16.0 Å². The van der Waals surface area contributed by atoms with Crippen LogP contribution in [-0.4, -0.2) is 11.9 Å². The first-order chi connectivity index (χ1) is 8.58. The summed E-state index contributed by atoms with van der Waals surface area (Å²) in [5.41, 5.74) is 1.87. The maximum atomic E-state index is 11.7. The number of hydrogen-bond acceptors (Lipinski definition) is 4. The molecule has 0 saturated heterocycles. The second-order valence-corrected chi connectivity index (χ2v) is 4.92. The summed E-state index contributed by atoms with van der Waals surface area (Å²) >= 11 is 1.34. The van der Waals surface area contributed by atoms with Crippen LogP contribution in [0, 0.1) is 6.92 Å². The maximum Gasteiger partial charge on any atom is 0.356 e. The molecular weight excluding hydrogens is 248 g/mol. The van der Waals surface area contributed by atoms with Crippen LogP contribution in [0.4, 0.5) is 0 Å². The molecule has 0 bridgehead atoms. The second kappa shape index (κ2) is 5.14. The Labute approximate surface area is 109 Å². The van der Waals surface area contributed by atoms with E-state index in [1.807, 2.05) is 43.3 Å². The molecule has 2 aromatic rings. The van der Waals surface area contributed by atoms with Crippen LogP contribution >= 0.6 is 11.3 Å². The lowest BCUT2D eigenvalue weighted by Gasteiger charge is -1.97. The molecular formula is C14H12O3S. The lowest BCUT2D eigenvalue weighted by Crippen LogP contribution is -2.08. The van der Waals surface area contributed by atoms with E-state index in [-0.39, 0.29) is 0 Å². The fourth-order valence-electron chi connectivity index (χ4n) is 1.61. The quantitative estimate of drug-likeness (QED) is 0.613. The van der Waals surface area contributed by atoms with Crippen molar-refractivity contribution in [1.82, 2.24) is 0 Å². The Hall–Kier alpha value is -1.94. The van der Waals surface area contributed by atoms with Gasteiger partial charge in [-0.05, 0) is 24.1 Å². The smallest absolute Gasteiger partial charge is 0.356 e. The highest BCUT2D eigenvalue weighted by Crippen LogP contribution is 2.31. The number of carbonyl (C=O) groups excluding carboxylic acids is 2. The van der Waals surface area contributed by atoms with E-state index in [1.165, 1.54) is 18.3 Å². The number of carbonyl (C=O) groups is 2. The van der Waals surface area contributed by atoms with Crippen molar-refractivity contribution in [3.05, 3.63) is 46.8 Å². The van der Waals surface area contributed by atoms with Crippen LogP contribution in [0.25, 0.3) is 10.4 Å². The van der Waals surface area contributed by atoms with Crippen LogP contribution in [0.5, 0.6) is 0 Å². The van der Waals surface area contributed by atoms with Gasteiger partial charge in [-0.3, -0.25) is 4.79 Å². The molecule has 92 valence electrons.